The fourth-order valence-corrected chi connectivity index (χ4v) is 2.23. The molecule has 1 amide bonds. The summed E-state index contributed by atoms with van der Waals surface area (Å²) in [6.07, 6.45) is 6.47. The van der Waals surface area contributed by atoms with Gasteiger partial charge in [-0.05, 0) is 26.4 Å². The number of nitrogens with zero attached hydrogens (tertiary/aromatic N) is 3. The molecule has 2 heterocycles. The number of nitrogens with two attached hydrogens (primary N) is 1. The van der Waals surface area contributed by atoms with Gasteiger partial charge in [0.05, 0.1) is 11.9 Å². The van der Waals surface area contributed by atoms with Crippen LogP contribution in [0, 0.1) is 0 Å². The van der Waals surface area contributed by atoms with Crippen LogP contribution in [0.25, 0.3) is 0 Å². The Bertz CT molecular complexity index is 367. The van der Waals surface area contributed by atoms with Gasteiger partial charge in [-0.3, -0.25) is 19.7 Å². The number of carbonyl (C=O) groups excluding carboxylic acids is 1. The lowest BCUT2D eigenvalue weighted by Crippen LogP contribution is -2.50. The van der Waals surface area contributed by atoms with Gasteiger partial charge in [0.15, 0.2) is 0 Å². The zero-order valence-corrected chi connectivity index (χ0v) is 8.68. The Morgan fingerprint density at radius 3 is 2.87 bits per heavy atom. The first-order chi connectivity index (χ1) is 7.18. The molecular weight excluding hydrogens is 192 g/mol. The smallest absolute Gasteiger partial charge is 0.244 e. The maximum atomic E-state index is 11.6. The van der Waals surface area contributed by atoms with Gasteiger partial charge in [-0.1, -0.05) is 0 Å². The van der Waals surface area contributed by atoms with Gasteiger partial charge in [-0.15, -0.1) is 0 Å². The maximum Gasteiger partial charge on any atom is 0.244 e. The van der Waals surface area contributed by atoms with Crippen molar-refractivity contribution in [3.05, 3.63) is 24.3 Å². The standard InChI is InChI=1S/C10H14N4O/c1-14-6-2-3-10(14,9(11)15)8-7-12-4-5-13-8/h4-5,7H,2-3,6H2,1H3,(H2,11,15). The molecule has 1 aromatic heterocycles. The van der Waals surface area contributed by atoms with E-state index in [0.717, 1.165) is 19.4 Å². The second-order valence-corrected chi connectivity index (χ2v) is 3.84. The summed E-state index contributed by atoms with van der Waals surface area (Å²) in [5, 5.41) is 0. The maximum absolute atomic E-state index is 11.6. The molecule has 2 rings (SSSR count). The summed E-state index contributed by atoms with van der Waals surface area (Å²) in [7, 11) is 1.90. The largest absolute Gasteiger partial charge is 0.368 e. The summed E-state index contributed by atoms with van der Waals surface area (Å²) in [6.45, 7) is 0.861. The molecule has 0 bridgehead atoms. The van der Waals surface area contributed by atoms with Crippen LogP contribution in [0.5, 0.6) is 0 Å². The zero-order chi connectivity index (χ0) is 10.9. The summed E-state index contributed by atoms with van der Waals surface area (Å²) in [6, 6.07) is 0. The zero-order valence-electron chi connectivity index (χ0n) is 8.68. The predicted octanol–water partition coefficient (Wildman–Crippen LogP) is -0.117. The summed E-state index contributed by atoms with van der Waals surface area (Å²) in [5.41, 5.74) is 5.40. The molecule has 0 radical (unpaired) electrons. The van der Waals surface area contributed by atoms with Crippen LogP contribution in [-0.2, 0) is 10.3 Å². The number of hydrogen-bond donors (Lipinski definition) is 1. The number of likely N-dealkylation sites (N-methyl/N-ethyl adjacent to an activating group) is 1. The van der Waals surface area contributed by atoms with Gasteiger partial charge < -0.3 is 5.73 Å². The molecule has 1 saturated heterocycles. The third-order valence-corrected chi connectivity index (χ3v) is 3.08. The summed E-state index contributed by atoms with van der Waals surface area (Å²) in [4.78, 5) is 21.8. The number of primary amides is 1. The van der Waals surface area contributed by atoms with Crippen molar-refractivity contribution >= 4 is 5.91 Å². The third-order valence-electron chi connectivity index (χ3n) is 3.08. The van der Waals surface area contributed by atoms with E-state index in [-0.39, 0.29) is 5.91 Å². The topological polar surface area (TPSA) is 72.1 Å². The lowest BCUT2D eigenvalue weighted by atomic mass is 9.91. The van der Waals surface area contributed by atoms with Crippen molar-refractivity contribution in [2.45, 2.75) is 18.4 Å². The quantitative estimate of drug-likeness (QED) is 0.732. The van der Waals surface area contributed by atoms with Crippen molar-refractivity contribution < 1.29 is 4.79 Å². The minimum absolute atomic E-state index is 0.344. The van der Waals surface area contributed by atoms with Crippen LogP contribution < -0.4 is 5.73 Å². The van der Waals surface area contributed by atoms with E-state index in [1.165, 1.54) is 0 Å². The van der Waals surface area contributed by atoms with Crippen molar-refractivity contribution in [2.24, 2.45) is 5.73 Å². The molecule has 1 aromatic rings. The van der Waals surface area contributed by atoms with Crippen molar-refractivity contribution in [3.8, 4) is 0 Å². The van der Waals surface area contributed by atoms with Crippen LogP contribution in [0.3, 0.4) is 0 Å². The van der Waals surface area contributed by atoms with Gasteiger partial charge in [0.1, 0.15) is 5.54 Å². The highest BCUT2D eigenvalue weighted by molar-refractivity contribution is 5.85. The van der Waals surface area contributed by atoms with E-state index in [1.807, 2.05) is 11.9 Å². The Morgan fingerprint density at radius 2 is 2.40 bits per heavy atom. The lowest BCUT2D eigenvalue weighted by molar-refractivity contribution is -0.128. The monoisotopic (exact) mass is 206 g/mol. The summed E-state index contributed by atoms with van der Waals surface area (Å²) >= 11 is 0. The molecule has 5 nitrogen and oxygen atoms in total. The van der Waals surface area contributed by atoms with E-state index in [9.17, 15) is 4.79 Å². The Kier molecular flexibility index (Phi) is 2.40. The summed E-state index contributed by atoms with van der Waals surface area (Å²) < 4.78 is 0. The molecule has 0 aliphatic carbocycles. The van der Waals surface area contributed by atoms with Crippen molar-refractivity contribution in [1.29, 1.82) is 0 Å². The molecule has 0 aromatic carbocycles. The number of rotatable bonds is 2. The van der Waals surface area contributed by atoms with Crippen LogP contribution in [-0.4, -0.2) is 34.4 Å². The molecule has 1 atom stereocenters. The number of carbonyl (C=O) groups is 1. The number of amides is 1. The van der Waals surface area contributed by atoms with Crippen LogP contribution in [0.2, 0.25) is 0 Å². The van der Waals surface area contributed by atoms with Gasteiger partial charge >= 0.3 is 0 Å². The lowest BCUT2D eigenvalue weighted by Gasteiger charge is -2.31. The first-order valence-corrected chi connectivity index (χ1v) is 4.95. The fraction of sp³-hybridized carbons (Fsp3) is 0.500. The van der Waals surface area contributed by atoms with Crippen molar-refractivity contribution in [3.63, 3.8) is 0 Å². The predicted molar refractivity (Wildman–Crippen MR) is 54.8 cm³/mol. The van der Waals surface area contributed by atoms with E-state index in [1.54, 1.807) is 18.6 Å². The molecule has 0 saturated carbocycles. The second kappa shape index (κ2) is 3.58. The molecule has 2 N–H and O–H groups in total. The van der Waals surface area contributed by atoms with E-state index in [0.29, 0.717) is 5.69 Å². The van der Waals surface area contributed by atoms with E-state index in [2.05, 4.69) is 9.97 Å². The summed E-state index contributed by atoms with van der Waals surface area (Å²) in [5.74, 6) is -0.344. The molecule has 80 valence electrons. The van der Waals surface area contributed by atoms with Gasteiger partial charge in [0, 0.05) is 12.4 Å². The third kappa shape index (κ3) is 1.39. The molecular formula is C10H14N4O. The highest BCUT2D eigenvalue weighted by Gasteiger charge is 2.47. The van der Waals surface area contributed by atoms with Crippen molar-refractivity contribution in [2.75, 3.05) is 13.6 Å². The highest BCUT2D eigenvalue weighted by atomic mass is 16.1. The number of hydrogen-bond acceptors (Lipinski definition) is 4. The molecule has 1 aliphatic rings. The minimum Gasteiger partial charge on any atom is -0.368 e. The average Bonchev–Trinajstić information content (AvgIpc) is 2.62. The Labute approximate surface area is 88.3 Å². The molecule has 0 spiro atoms. The first-order valence-electron chi connectivity index (χ1n) is 4.95. The SMILES string of the molecule is CN1CCCC1(C(N)=O)c1cnccn1. The van der Waals surface area contributed by atoms with Gasteiger partial charge in [-0.2, -0.15) is 0 Å². The van der Waals surface area contributed by atoms with Gasteiger partial charge in [0.25, 0.3) is 0 Å². The number of aromatic nitrogens is 2. The van der Waals surface area contributed by atoms with Crippen LogP contribution >= 0.6 is 0 Å². The highest BCUT2D eigenvalue weighted by Crippen LogP contribution is 2.35. The van der Waals surface area contributed by atoms with Crippen molar-refractivity contribution in [1.82, 2.24) is 14.9 Å². The Hall–Kier alpha value is -1.49. The first kappa shape index (κ1) is 10.0. The van der Waals surface area contributed by atoms with Crippen LogP contribution in [0.15, 0.2) is 18.6 Å². The van der Waals surface area contributed by atoms with Gasteiger partial charge in [0.2, 0.25) is 5.91 Å². The molecule has 5 heteroatoms. The average molecular weight is 206 g/mol. The Morgan fingerprint density at radius 1 is 1.60 bits per heavy atom. The molecule has 15 heavy (non-hydrogen) atoms. The van der Waals surface area contributed by atoms with E-state index >= 15 is 0 Å². The molecule has 1 aliphatic heterocycles. The van der Waals surface area contributed by atoms with Crippen LogP contribution in [0.1, 0.15) is 18.5 Å². The number of likely N-dealkylation sites (tertiary alicyclic amines) is 1. The van der Waals surface area contributed by atoms with Crippen LogP contribution in [0.4, 0.5) is 0 Å². The molecule has 1 fully saturated rings. The van der Waals surface area contributed by atoms with Gasteiger partial charge in [-0.25, -0.2) is 0 Å². The fourth-order valence-electron chi connectivity index (χ4n) is 2.23. The molecule has 1 unspecified atom stereocenters. The normalized spacial score (nSPS) is 26.7. The minimum atomic E-state index is -0.756. The second-order valence-electron chi connectivity index (χ2n) is 3.84. The van der Waals surface area contributed by atoms with E-state index < -0.39 is 5.54 Å². The van der Waals surface area contributed by atoms with E-state index in [4.69, 9.17) is 5.73 Å². The Balaban J connectivity index is 2.49.